The second kappa shape index (κ2) is 10.4. The first-order valence-corrected chi connectivity index (χ1v) is 13.4. The van der Waals surface area contributed by atoms with Gasteiger partial charge in [-0.05, 0) is 54.6 Å². The van der Waals surface area contributed by atoms with Crippen LogP contribution in [0.25, 0.3) is 10.8 Å². The van der Waals surface area contributed by atoms with E-state index >= 15 is 0 Å². The quantitative estimate of drug-likeness (QED) is 0.261. The molecule has 7 nitrogen and oxygen atoms in total. The van der Waals surface area contributed by atoms with Gasteiger partial charge >= 0.3 is 0 Å². The molecule has 6 rings (SSSR count). The summed E-state index contributed by atoms with van der Waals surface area (Å²) in [5.41, 5.74) is 2.14. The summed E-state index contributed by atoms with van der Waals surface area (Å²) in [7, 11) is 0. The summed E-state index contributed by atoms with van der Waals surface area (Å²) in [4.78, 5) is 35.6. The van der Waals surface area contributed by atoms with E-state index in [1.54, 1.807) is 5.06 Å². The molecule has 0 bridgehead atoms. The number of hydrogen-bond acceptors (Lipinski definition) is 6. The lowest BCUT2D eigenvalue weighted by Crippen LogP contribution is -2.37. The molecule has 0 unspecified atom stereocenters. The second-order valence-electron chi connectivity index (χ2n) is 9.66. The predicted octanol–water partition coefficient (Wildman–Crippen LogP) is 6.08. The number of amides is 2. The van der Waals surface area contributed by atoms with Crippen molar-refractivity contribution in [3.63, 3.8) is 0 Å². The second-order valence-corrected chi connectivity index (χ2v) is 9.66. The number of benzene rings is 4. The van der Waals surface area contributed by atoms with Gasteiger partial charge in [0.1, 0.15) is 5.92 Å². The maximum atomic E-state index is 14.2. The summed E-state index contributed by atoms with van der Waals surface area (Å²) < 4.78 is 11.8. The fourth-order valence-electron chi connectivity index (χ4n) is 5.50. The molecule has 0 N–H and O–H groups in total. The Bertz CT molecular complexity index is 1520. The number of para-hydroxylation sites is 1. The van der Waals surface area contributed by atoms with E-state index in [4.69, 9.17) is 14.3 Å². The Morgan fingerprint density at radius 1 is 0.795 bits per heavy atom. The van der Waals surface area contributed by atoms with Crippen LogP contribution in [0.1, 0.15) is 31.9 Å². The lowest BCUT2D eigenvalue weighted by atomic mass is 9.90. The summed E-state index contributed by atoms with van der Waals surface area (Å²) in [6.07, 6.45) is -0.0797. The van der Waals surface area contributed by atoms with Crippen LogP contribution in [0.5, 0.6) is 11.5 Å². The van der Waals surface area contributed by atoms with Crippen molar-refractivity contribution < 1.29 is 23.9 Å². The molecule has 4 aromatic rings. The van der Waals surface area contributed by atoms with E-state index in [0.29, 0.717) is 30.4 Å². The third-order valence-electron chi connectivity index (χ3n) is 7.20. The van der Waals surface area contributed by atoms with Gasteiger partial charge in [-0.25, -0.2) is 9.96 Å². The lowest BCUT2D eigenvalue weighted by Gasteiger charge is -2.29. The van der Waals surface area contributed by atoms with Crippen LogP contribution in [0.3, 0.4) is 0 Å². The number of imide groups is 1. The third kappa shape index (κ3) is 4.29. The molecule has 0 saturated carbocycles. The van der Waals surface area contributed by atoms with Crippen molar-refractivity contribution >= 4 is 34.0 Å². The Morgan fingerprint density at radius 2 is 1.56 bits per heavy atom. The average Bonchev–Trinajstić information content (AvgIpc) is 3.48. The van der Waals surface area contributed by atoms with Crippen LogP contribution in [-0.4, -0.2) is 31.1 Å². The van der Waals surface area contributed by atoms with E-state index in [0.717, 1.165) is 28.4 Å². The Morgan fingerprint density at radius 3 is 2.36 bits per heavy atom. The van der Waals surface area contributed by atoms with Crippen LogP contribution >= 0.6 is 0 Å². The highest BCUT2D eigenvalue weighted by Gasteiger charge is 2.60. The summed E-state index contributed by atoms with van der Waals surface area (Å²) >= 11 is 0. The van der Waals surface area contributed by atoms with E-state index < -0.39 is 18.1 Å². The highest BCUT2D eigenvalue weighted by molar-refractivity contribution is 6.26. The maximum Gasteiger partial charge on any atom is 0.266 e. The molecular weight excluding hydrogens is 492 g/mol. The Labute approximate surface area is 227 Å². The van der Waals surface area contributed by atoms with Crippen LogP contribution in [-0.2, 0) is 14.4 Å². The van der Waals surface area contributed by atoms with Crippen molar-refractivity contribution in [1.29, 1.82) is 0 Å². The van der Waals surface area contributed by atoms with Crippen LogP contribution in [0.4, 0.5) is 11.4 Å². The van der Waals surface area contributed by atoms with Gasteiger partial charge in [0.25, 0.3) is 5.91 Å². The molecule has 3 atom stereocenters. The number of fused-ring (bicyclic) bond motifs is 2. The number of carbonyl (C=O) groups is 2. The molecule has 7 heteroatoms. The first-order chi connectivity index (χ1) is 19.1. The topological polar surface area (TPSA) is 68.3 Å². The smallest absolute Gasteiger partial charge is 0.266 e. The predicted molar refractivity (Wildman–Crippen MR) is 150 cm³/mol. The highest BCUT2D eigenvalue weighted by atomic mass is 16.7. The minimum atomic E-state index is -0.951. The maximum absolute atomic E-state index is 14.2. The van der Waals surface area contributed by atoms with Crippen molar-refractivity contribution in [2.24, 2.45) is 5.92 Å². The number of hydroxylamine groups is 1. The van der Waals surface area contributed by atoms with E-state index in [9.17, 15) is 9.59 Å². The highest BCUT2D eigenvalue weighted by Crippen LogP contribution is 2.49. The molecule has 2 saturated heterocycles. The minimum absolute atomic E-state index is 0.283. The summed E-state index contributed by atoms with van der Waals surface area (Å²) in [6.45, 7) is 5.00. The van der Waals surface area contributed by atoms with Crippen LogP contribution in [0.15, 0.2) is 91.0 Å². The molecule has 0 aliphatic carbocycles. The summed E-state index contributed by atoms with van der Waals surface area (Å²) in [5, 5.41) is 3.50. The molecule has 0 radical (unpaired) electrons. The molecule has 198 valence electrons. The van der Waals surface area contributed by atoms with E-state index in [-0.39, 0.29) is 11.8 Å². The van der Waals surface area contributed by atoms with Crippen molar-refractivity contribution in [3.8, 4) is 11.5 Å². The number of carbonyl (C=O) groups excluding carboxylic acids is 2. The largest absolute Gasteiger partial charge is 0.490 e. The lowest BCUT2D eigenvalue weighted by molar-refractivity contribution is -0.126. The van der Waals surface area contributed by atoms with Crippen molar-refractivity contribution in [3.05, 3.63) is 96.6 Å². The molecule has 2 fully saturated rings. The van der Waals surface area contributed by atoms with Crippen molar-refractivity contribution in [2.45, 2.75) is 32.4 Å². The molecule has 4 aromatic carbocycles. The summed E-state index contributed by atoms with van der Waals surface area (Å²) in [6, 6.07) is 28.1. The van der Waals surface area contributed by atoms with Crippen LogP contribution in [0.2, 0.25) is 0 Å². The van der Waals surface area contributed by atoms with Gasteiger partial charge in [0.15, 0.2) is 17.6 Å². The van der Waals surface area contributed by atoms with Crippen molar-refractivity contribution in [1.82, 2.24) is 0 Å². The first-order valence-electron chi connectivity index (χ1n) is 13.4. The molecule has 2 aliphatic heterocycles. The molecular formula is C32H30N2O5. The number of nitrogens with zero attached hydrogens (tertiary/aromatic N) is 2. The normalized spacial score (nSPS) is 20.5. The molecule has 2 amide bonds. The minimum Gasteiger partial charge on any atom is -0.490 e. The number of ether oxygens (including phenoxy) is 2. The fourth-order valence-corrected chi connectivity index (χ4v) is 5.50. The Balaban J connectivity index is 1.44. The number of rotatable bonds is 8. The molecule has 0 spiro atoms. The number of hydrogen-bond donors (Lipinski definition) is 0. The van der Waals surface area contributed by atoms with Crippen molar-refractivity contribution in [2.75, 3.05) is 23.2 Å². The van der Waals surface area contributed by atoms with Gasteiger partial charge in [0.2, 0.25) is 5.91 Å². The zero-order valence-corrected chi connectivity index (χ0v) is 21.9. The van der Waals surface area contributed by atoms with E-state index in [1.807, 2.05) is 105 Å². The van der Waals surface area contributed by atoms with E-state index in [1.165, 1.54) is 4.90 Å². The zero-order valence-electron chi connectivity index (χ0n) is 21.9. The van der Waals surface area contributed by atoms with Crippen LogP contribution in [0, 0.1) is 5.92 Å². The van der Waals surface area contributed by atoms with Gasteiger partial charge in [-0.2, -0.15) is 0 Å². The van der Waals surface area contributed by atoms with Crippen LogP contribution < -0.4 is 19.4 Å². The molecule has 0 aromatic heterocycles. The zero-order chi connectivity index (χ0) is 26.9. The van der Waals surface area contributed by atoms with Gasteiger partial charge in [-0.1, -0.05) is 67.6 Å². The average molecular weight is 523 g/mol. The first kappa shape index (κ1) is 24.9. The Kier molecular flexibility index (Phi) is 6.67. The molecule has 39 heavy (non-hydrogen) atoms. The monoisotopic (exact) mass is 522 g/mol. The summed E-state index contributed by atoms with van der Waals surface area (Å²) in [5.74, 6) is -0.140. The van der Waals surface area contributed by atoms with E-state index in [2.05, 4.69) is 0 Å². The van der Waals surface area contributed by atoms with Gasteiger partial charge in [0, 0.05) is 5.39 Å². The Hall–Kier alpha value is -4.36. The van der Waals surface area contributed by atoms with Gasteiger partial charge in [0.05, 0.1) is 30.6 Å². The SMILES string of the molecule is CCCOc1ccc([C@H]2[C@H]3C(=O)N(c4cccc5ccccc45)C(=O)[C@H]3ON2c2ccccc2)cc1OCC. The van der Waals surface area contributed by atoms with Gasteiger partial charge in [-0.3, -0.25) is 14.4 Å². The fraction of sp³-hybridized carbons (Fsp3) is 0.250. The standard InChI is InChI=1S/C32H30N2O5/c1-3-19-38-26-18-17-22(20-27(26)37-4-2)29-28-30(39-34(29)23-13-6-5-7-14-23)32(36)33(31(28)35)25-16-10-12-21-11-8-9-15-24(21)25/h5-18,20,28-30H,3-4,19H2,1-2H3/t28-,29+,30+/m1/s1. The van der Waals surface area contributed by atoms with Gasteiger partial charge < -0.3 is 9.47 Å². The number of anilines is 2. The molecule has 2 heterocycles. The molecule has 2 aliphatic rings. The van der Waals surface area contributed by atoms with Gasteiger partial charge in [-0.15, -0.1) is 0 Å². The third-order valence-corrected chi connectivity index (χ3v) is 7.20.